The Kier molecular flexibility index (Phi) is 9.94. The van der Waals surface area contributed by atoms with Crippen LogP contribution >= 0.6 is 0 Å². The molecule has 0 spiro atoms. The average molecular weight is 568 g/mol. The Balaban J connectivity index is 1.41. The zero-order valence-corrected chi connectivity index (χ0v) is 24.1. The van der Waals surface area contributed by atoms with Crippen LogP contribution in [0.25, 0.3) is 0 Å². The monoisotopic (exact) mass is 567 g/mol. The van der Waals surface area contributed by atoms with Crippen molar-refractivity contribution in [2.24, 2.45) is 5.92 Å². The van der Waals surface area contributed by atoms with Gasteiger partial charge < -0.3 is 29.9 Å². The Bertz CT molecular complexity index is 1280. The highest BCUT2D eigenvalue weighted by molar-refractivity contribution is 5.82. The van der Waals surface area contributed by atoms with Gasteiger partial charge in [-0.1, -0.05) is 18.3 Å². The minimum Gasteiger partial charge on any atom is -0.444 e. The number of morpholine rings is 1. The highest BCUT2D eigenvalue weighted by Gasteiger charge is 2.25. The first-order valence-electron chi connectivity index (χ1n) is 13.9. The highest BCUT2D eigenvalue weighted by Crippen LogP contribution is 2.25. The minimum absolute atomic E-state index is 0.0233. The molecule has 2 aromatic heterocycles. The summed E-state index contributed by atoms with van der Waals surface area (Å²) in [5.74, 6) is 6.96. The number of ether oxygens (including phenoxy) is 2. The maximum atomic E-state index is 13.5. The van der Waals surface area contributed by atoms with Crippen molar-refractivity contribution in [1.29, 1.82) is 0 Å². The summed E-state index contributed by atoms with van der Waals surface area (Å²) in [6.07, 6.45) is 5.96. The maximum absolute atomic E-state index is 13.5. The van der Waals surface area contributed by atoms with E-state index in [0.29, 0.717) is 49.3 Å². The largest absolute Gasteiger partial charge is 0.444 e. The van der Waals surface area contributed by atoms with Crippen molar-refractivity contribution < 1.29 is 23.5 Å². The number of nitrogens with zero attached hydrogens (tertiary/aromatic N) is 5. The molecule has 2 fully saturated rings. The summed E-state index contributed by atoms with van der Waals surface area (Å²) in [6.45, 7) is 7.80. The van der Waals surface area contributed by atoms with Gasteiger partial charge in [0.2, 0.25) is 17.8 Å². The standard InChI is InChI=1S/C29H38FN7O4/c1-29(2,3)41-28(39)36(4)19-25(38)33-22-7-5-6-20(16-22)8-9-21-18-32-27(34-23-10-11-31-24(30)17-23)35-26(21)37-12-14-40-15-13-37/h10-11,17-18,20,22H,5-7,12-16,19H2,1-4H3,(H,33,38)(H,31,32,34,35)/t20-,22-/m0/s1. The minimum atomic E-state index is -0.625. The second-order valence-corrected chi connectivity index (χ2v) is 11.3. The lowest BCUT2D eigenvalue weighted by atomic mass is 9.86. The van der Waals surface area contributed by atoms with E-state index in [2.05, 4.69) is 37.3 Å². The van der Waals surface area contributed by atoms with Gasteiger partial charge in [-0.2, -0.15) is 9.37 Å². The number of nitrogens with one attached hydrogen (secondary N) is 2. The molecular weight excluding hydrogens is 529 g/mol. The molecule has 2 aliphatic rings. The van der Waals surface area contributed by atoms with E-state index in [1.807, 2.05) is 0 Å². The van der Waals surface area contributed by atoms with Crippen LogP contribution in [0.1, 0.15) is 52.0 Å². The van der Waals surface area contributed by atoms with Crippen molar-refractivity contribution in [1.82, 2.24) is 25.2 Å². The number of rotatable bonds is 6. The molecule has 4 rings (SSSR count). The number of halogens is 1. The van der Waals surface area contributed by atoms with E-state index in [1.165, 1.54) is 17.2 Å². The number of carbonyl (C=O) groups excluding carboxylic acids is 2. The van der Waals surface area contributed by atoms with Gasteiger partial charge in [0.15, 0.2) is 0 Å². The van der Waals surface area contributed by atoms with Gasteiger partial charge in [-0.3, -0.25) is 4.79 Å². The van der Waals surface area contributed by atoms with Gasteiger partial charge in [-0.15, -0.1) is 0 Å². The number of pyridine rings is 1. The van der Waals surface area contributed by atoms with Crippen LogP contribution in [0, 0.1) is 23.7 Å². The van der Waals surface area contributed by atoms with Crippen LogP contribution in [0.4, 0.5) is 26.6 Å². The third kappa shape index (κ3) is 9.28. The molecule has 12 heteroatoms. The second-order valence-electron chi connectivity index (χ2n) is 11.3. The van der Waals surface area contributed by atoms with Crippen molar-refractivity contribution in [2.75, 3.05) is 50.1 Å². The lowest BCUT2D eigenvalue weighted by molar-refractivity contribution is -0.123. The third-order valence-electron chi connectivity index (χ3n) is 6.60. The lowest BCUT2D eigenvalue weighted by Gasteiger charge is -2.29. The number of aromatic nitrogens is 3. The van der Waals surface area contributed by atoms with Gasteiger partial charge in [0.25, 0.3) is 0 Å². The van der Waals surface area contributed by atoms with Crippen molar-refractivity contribution in [3.05, 3.63) is 36.0 Å². The molecule has 41 heavy (non-hydrogen) atoms. The average Bonchev–Trinajstić information content (AvgIpc) is 2.92. The predicted octanol–water partition coefficient (Wildman–Crippen LogP) is 3.48. The van der Waals surface area contributed by atoms with E-state index < -0.39 is 17.6 Å². The van der Waals surface area contributed by atoms with E-state index in [0.717, 1.165) is 25.7 Å². The SMILES string of the molecule is CN(CC(=O)N[C@H]1CCC[C@@H](C#Cc2cnc(Nc3ccnc(F)c3)nc2N2CCOCC2)C1)C(=O)OC(C)(C)C. The Morgan fingerprint density at radius 2 is 2.02 bits per heavy atom. The summed E-state index contributed by atoms with van der Waals surface area (Å²) in [5.41, 5.74) is 0.569. The molecule has 3 heterocycles. The maximum Gasteiger partial charge on any atom is 0.410 e. The normalized spacial score (nSPS) is 19.0. The molecule has 2 N–H and O–H groups in total. The second kappa shape index (κ2) is 13.6. The van der Waals surface area contributed by atoms with Crippen LogP contribution in [0.5, 0.6) is 0 Å². The van der Waals surface area contributed by atoms with Crippen molar-refractivity contribution in [3.63, 3.8) is 0 Å². The lowest BCUT2D eigenvalue weighted by Crippen LogP contribution is -2.45. The summed E-state index contributed by atoms with van der Waals surface area (Å²) < 4.78 is 24.4. The molecule has 0 radical (unpaired) electrons. The Morgan fingerprint density at radius 3 is 2.76 bits per heavy atom. The first kappa shape index (κ1) is 30.0. The van der Waals surface area contributed by atoms with E-state index in [1.54, 1.807) is 40.1 Å². The molecule has 11 nitrogen and oxygen atoms in total. The van der Waals surface area contributed by atoms with Crippen molar-refractivity contribution in [2.45, 2.75) is 58.1 Å². The number of carbonyl (C=O) groups is 2. The molecule has 1 saturated carbocycles. The number of likely N-dealkylation sites (N-methyl/N-ethyl adjacent to an activating group) is 1. The van der Waals surface area contributed by atoms with Crippen LogP contribution in [-0.2, 0) is 14.3 Å². The van der Waals surface area contributed by atoms with Gasteiger partial charge in [0.05, 0.1) is 25.0 Å². The number of amides is 2. The van der Waals surface area contributed by atoms with E-state index in [4.69, 9.17) is 14.5 Å². The Morgan fingerprint density at radius 1 is 1.24 bits per heavy atom. The van der Waals surface area contributed by atoms with Gasteiger partial charge in [0.1, 0.15) is 18.0 Å². The molecule has 0 aromatic carbocycles. The fraction of sp³-hybridized carbons (Fsp3) is 0.552. The molecule has 220 valence electrons. The quantitative estimate of drug-likeness (QED) is 0.399. The summed E-state index contributed by atoms with van der Waals surface area (Å²) in [4.78, 5) is 40.9. The van der Waals surface area contributed by atoms with Crippen LogP contribution in [-0.4, -0.2) is 83.4 Å². The van der Waals surface area contributed by atoms with E-state index in [9.17, 15) is 14.0 Å². The fourth-order valence-electron chi connectivity index (χ4n) is 4.67. The summed E-state index contributed by atoms with van der Waals surface area (Å²) >= 11 is 0. The van der Waals surface area contributed by atoms with Crippen molar-refractivity contribution >= 4 is 29.5 Å². The molecule has 1 aliphatic carbocycles. The fourth-order valence-corrected chi connectivity index (χ4v) is 4.67. The van der Waals surface area contributed by atoms with Gasteiger partial charge >= 0.3 is 6.09 Å². The number of hydrogen-bond acceptors (Lipinski definition) is 9. The zero-order chi connectivity index (χ0) is 29.4. The van der Waals surface area contributed by atoms with Gasteiger partial charge in [-0.25, -0.2) is 14.8 Å². The summed E-state index contributed by atoms with van der Waals surface area (Å²) in [7, 11) is 1.55. The zero-order valence-electron chi connectivity index (χ0n) is 24.1. The smallest absolute Gasteiger partial charge is 0.410 e. The van der Waals surface area contributed by atoms with E-state index in [-0.39, 0.29) is 24.4 Å². The topological polar surface area (TPSA) is 122 Å². The molecule has 2 amide bonds. The highest BCUT2D eigenvalue weighted by atomic mass is 19.1. The van der Waals surface area contributed by atoms with Crippen LogP contribution in [0.2, 0.25) is 0 Å². The van der Waals surface area contributed by atoms with Gasteiger partial charge in [0, 0.05) is 50.0 Å². The number of hydrogen-bond donors (Lipinski definition) is 2. The molecular formula is C29H38FN7O4. The van der Waals surface area contributed by atoms with E-state index >= 15 is 0 Å². The Labute approximate surface area is 240 Å². The summed E-state index contributed by atoms with van der Waals surface area (Å²) in [6, 6.07) is 2.90. The Hall–Kier alpha value is -3.98. The van der Waals surface area contributed by atoms with Gasteiger partial charge in [-0.05, 0) is 46.1 Å². The van der Waals surface area contributed by atoms with Crippen LogP contribution < -0.4 is 15.5 Å². The molecule has 0 unspecified atom stereocenters. The molecule has 0 bridgehead atoms. The molecule has 2 atom stereocenters. The first-order chi connectivity index (χ1) is 19.6. The first-order valence-corrected chi connectivity index (χ1v) is 13.9. The molecule has 1 aliphatic heterocycles. The van der Waals surface area contributed by atoms with Crippen LogP contribution in [0.3, 0.4) is 0 Å². The molecule has 1 saturated heterocycles. The van der Waals surface area contributed by atoms with Crippen molar-refractivity contribution in [3.8, 4) is 11.8 Å². The molecule has 2 aromatic rings. The third-order valence-corrected chi connectivity index (χ3v) is 6.60. The van der Waals surface area contributed by atoms with Crippen LogP contribution in [0.15, 0.2) is 24.5 Å². The predicted molar refractivity (Wildman–Crippen MR) is 152 cm³/mol. The summed E-state index contributed by atoms with van der Waals surface area (Å²) in [5, 5.41) is 6.08. The number of anilines is 3.